The van der Waals surface area contributed by atoms with Crippen LogP contribution in [0, 0.1) is 11.3 Å². The molecule has 0 spiro atoms. The van der Waals surface area contributed by atoms with Gasteiger partial charge in [0.2, 0.25) is 0 Å². The summed E-state index contributed by atoms with van der Waals surface area (Å²) in [5.41, 5.74) is 10.3. The molecule has 0 aliphatic carbocycles. The first-order valence-corrected chi connectivity index (χ1v) is 9.98. The molecule has 6 nitrogen and oxygen atoms in total. The maximum absolute atomic E-state index is 12.5. The summed E-state index contributed by atoms with van der Waals surface area (Å²) < 4.78 is 0. The fraction of sp³-hybridized carbons (Fsp3) is 0.208. The number of nitrogens with one attached hydrogen (secondary N) is 2. The number of unbranched alkanes of at least 4 members (excludes halogenated alkanes) is 1. The summed E-state index contributed by atoms with van der Waals surface area (Å²) in [6.07, 6.45) is 4.04. The average molecular weight is 399 g/mol. The molecule has 152 valence electrons. The molecule has 3 rings (SSSR count). The largest absolute Gasteiger partial charge is 0.397 e. The van der Waals surface area contributed by atoms with Gasteiger partial charge in [-0.15, -0.1) is 0 Å². The van der Waals surface area contributed by atoms with Gasteiger partial charge in [0.1, 0.15) is 6.07 Å². The van der Waals surface area contributed by atoms with Gasteiger partial charge >= 0.3 is 0 Å². The van der Waals surface area contributed by atoms with Crippen molar-refractivity contribution in [3.63, 3.8) is 0 Å². The third-order valence-electron chi connectivity index (χ3n) is 4.73. The number of carbonyl (C=O) groups excluding carboxylic acids is 1. The van der Waals surface area contributed by atoms with Crippen molar-refractivity contribution in [2.75, 3.05) is 17.6 Å². The number of carbonyl (C=O) groups is 1. The first-order chi connectivity index (χ1) is 14.6. The first kappa shape index (κ1) is 21.0. The van der Waals surface area contributed by atoms with Gasteiger partial charge in [0, 0.05) is 23.9 Å². The number of nitrogens with two attached hydrogens (primary N) is 1. The van der Waals surface area contributed by atoms with Crippen molar-refractivity contribution in [2.45, 2.75) is 26.3 Å². The minimum absolute atomic E-state index is 0.249. The predicted molar refractivity (Wildman–Crippen MR) is 120 cm³/mol. The molecule has 3 aromatic rings. The zero-order chi connectivity index (χ0) is 21.3. The Kier molecular flexibility index (Phi) is 7.14. The van der Waals surface area contributed by atoms with Gasteiger partial charge in [-0.3, -0.25) is 9.78 Å². The predicted octanol–water partition coefficient (Wildman–Crippen LogP) is 4.34. The van der Waals surface area contributed by atoms with E-state index in [1.54, 1.807) is 42.6 Å². The molecular formula is C24H25N5O. The normalized spacial score (nSPS) is 10.4. The van der Waals surface area contributed by atoms with E-state index in [2.05, 4.69) is 28.6 Å². The first-order valence-electron chi connectivity index (χ1n) is 9.98. The van der Waals surface area contributed by atoms with Crippen molar-refractivity contribution in [3.8, 4) is 17.3 Å². The molecule has 30 heavy (non-hydrogen) atoms. The molecule has 6 heteroatoms. The summed E-state index contributed by atoms with van der Waals surface area (Å²) in [5, 5.41) is 15.7. The number of hydrogen-bond donors (Lipinski definition) is 3. The molecule has 0 aliphatic heterocycles. The van der Waals surface area contributed by atoms with Crippen molar-refractivity contribution in [2.24, 2.45) is 0 Å². The standard InChI is InChI=1S/C24H25N5O/c1-2-3-12-27-15-17-13-20(14-25)23(28-16-17)18-8-10-19(11-9-18)24(30)29-22-7-5-4-6-21(22)26/h4-11,13,16,27H,2-3,12,15,26H2,1H3,(H,29,30). The lowest BCUT2D eigenvalue weighted by Gasteiger charge is -2.10. The van der Waals surface area contributed by atoms with Gasteiger partial charge in [0.15, 0.2) is 0 Å². The topological polar surface area (TPSA) is 104 Å². The second kappa shape index (κ2) is 10.2. The van der Waals surface area contributed by atoms with Gasteiger partial charge in [-0.25, -0.2) is 0 Å². The second-order valence-electron chi connectivity index (χ2n) is 7.00. The van der Waals surface area contributed by atoms with E-state index in [0.29, 0.717) is 34.7 Å². The number of nitriles is 1. The molecule has 2 aromatic carbocycles. The summed E-state index contributed by atoms with van der Waals surface area (Å²) in [5.74, 6) is -0.249. The Balaban J connectivity index is 1.73. The zero-order valence-electron chi connectivity index (χ0n) is 17.0. The van der Waals surface area contributed by atoms with Crippen molar-refractivity contribution in [3.05, 3.63) is 77.5 Å². The van der Waals surface area contributed by atoms with Gasteiger partial charge in [-0.1, -0.05) is 37.6 Å². The fourth-order valence-corrected chi connectivity index (χ4v) is 3.04. The molecule has 1 aromatic heterocycles. The van der Waals surface area contributed by atoms with Crippen LogP contribution < -0.4 is 16.4 Å². The van der Waals surface area contributed by atoms with E-state index >= 15 is 0 Å². The number of para-hydroxylation sites is 2. The van der Waals surface area contributed by atoms with Crippen LogP contribution in [-0.2, 0) is 6.54 Å². The SMILES string of the molecule is CCCCNCc1cnc(-c2ccc(C(=O)Nc3ccccc3N)cc2)c(C#N)c1. The molecule has 0 aliphatic rings. The van der Waals surface area contributed by atoms with Crippen LogP contribution in [0.4, 0.5) is 11.4 Å². The minimum atomic E-state index is -0.249. The molecule has 4 N–H and O–H groups in total. The van der Waals surface area contributed by atoms with Crippen LogP contribution in [0.5, 0.6) is 0 Å². The monoisotopic (exact) mass is 399 g/mol. The van der Waals surface area contributed by atoms with E-state index in [0.717, 1.165) is 30.5 Å². The molecule has 1 heterocycles. The van der Waals surface area contributed by atoms with Gasteiger partial charge < -0.3 is 16.4 Å². The Labute approximate surface area is 176 Å². The lowest BCUT2D eigenvalue weighted by molar-refractivity contribution is 0.102. The van der Waals surface area contributed by atoms with Crippen LogP contribution in [-0.4, -0.2) is 17.4 Å². The lowest BCUT2D eigenvalue weighted by atomic mass is 10.0. The maximum Gasteiger partial charge on any atom is 0.255 e. The van der Waals surface area contributed by atoms with E-state index in [9.17, 15) is 10.1 Å². The molecule has 0 radical (unpaired) electrons. The van der Waals surface area contributed by atoms with E-state index in [4.69, 9.17) is 5.73 Å². The summed E-state index contributed by atoms with van der Waals surface area (Å²) in [4.78, 5) is 17.0. The third kappa shape index (κ3) is 5.22. The number of benzene rings is 2. The molecule has 0 atom stereocenters. The van der Waals surface area contributed by atoms with Crippen molar-refractivity contribution in [1.29, 1.82) is 5.26 Å². The van der Waals surface area contributed by atoms with Gasteiger partial charge in [0.25, 0.3) is 5.91 Å². The molecular weight excluding hydrogens is 374 g/mol. The highest BCUT2D eigenvalue weighted by molar-refractivity contribution is 6.05. The highest BCUT2D eigenvalue weighted by atomic mass is 16.1. The Hall–Kier alpha value is -3.69. The number of rotatable bonds is 8. The summed E-state index contributed by atoms with van der Waals surface area (Å²) in [7, 11) is 0. The summed E-state index contributed by atoms with van der Waals surface area (Å²) >= 11 is 0. The Bertz CT molecular complexity index is 1050. The molecule has 0 unspecified atom stereocenters. The lowest BCUT2D eigenvalue weighted by Crippen LogP contribution is -2.14. The van der Waals surface area contributed by atoms with Crippen LogP contribution in [0.2, 0.25) is 0 Å². The van der Waals surface area contributed by atoms with Crippen LogP contribution in [0.15, 0.2) is 60.8 Å². The Morgan fingerprint density at radius 1 is 1.17 bits per heavy atom. The number of aromatic nitrogens is 1. The van der Waals surface area contributed by atoms with E-state index in [-0.39, 0.29) is 5.91 Å². The minimum Gasteiger partial charge on any atom is -0.397 e. The zero-order valence-corrected chi connectivity index (χ0v) is 17.0. The number of nitrogens with zero attached hydrogens (tertiary/aromatic N) is 2. The molecule has 0 fully saturated rings. The van der Waals surface area contributed by atoms with Gasteiger partial charge in [-0.2, -0.15) is 5.26 Å². The van der Waals surface area contributed by atoms with Gasteiger partial charge in [0.05, 0.1) is 22.6 Å². The number of anilines is 2. The molecule has 0 bridgehead atoms. The smallest absolute Gasteiger partial charge is 0.255 e. The summed E-state index contributed by atoms with van der Waals surface area (Å²) in [6.45, 7) is 3.78. The van der Waals surface area contributed by atoms with Gasteiger partial charge in [-0.05, 0) is 48.9 Å². The summed E-state index contributed by atoms with van der Waals surface area (Å²) in [6, 6.07) is 18.2. The number of pyridine rings is 1. The fourth-order valence-electron chi connectivity index (χ4n) is 3.04. The maximum atomic E-state index is 12.5. The van der Waals surface area contributed by atoms with Crippen molar-refractivity contribution < 1.29 is 4.79 Å². The Morgan fingerprint density at radius 3 is 2.63 bits per heavy atom. The quantitative estimate of drug-likeness (QED) is 0.386. The molecule has 0 saturated carbocycles. The van der Waals surface area contributed by atoms with E-state index in [1.165, 1.54) is 0 Å². The highest BCUT2D eigenvalue weighted by Crippen LogP contribution is 2.23. The highest BCUT2D eigenvalue weighted by Gasteiger charge is 2.11. The molecule has 0 saturated heterocycles. The molecule has 1 amide bonds. The number of nitrogen functional groups attached to an aromatic ring is 1. The number of hydrogen-bond acceptors (Lipinski definition) is 5. The second-order valence-corrected chi connectivity index (χ2v) is 7.00. The van der Waals surface area contributed by atoms with Crippen LogP contribution in [0.1, 0.15) is 41.3 Å². The van der Waals surface area contributed by atoms with Crippen LogP contribution >= 0.6 is 0 Å². The average Bonchev–Trinajstić information content (AvgIpc) is 2.78. The van der Waals surface area contributed by atoms with E-state index < -0.39 is 0 Å². The van der Waals surface area contributed by atoms with Crippen LogP contribution in [0.25, 0.3) is 11.3 Å². The number of amides is 1. The van der Waals surface area contributed by atoms with Crippen LogP contribution in [0.3, 0.4) is 0 Å². The van der Waals surface area contributed by atoms with Crippen molar-refractivity contribution in [1.82, 2.24) is 10.3 Å². The van der Waals surface area contributed by atoms with E-state index in [1.807, 2.05) is 18.2 Å². The van der Waals surface area contributed by atoms with Crippen molar-refractivity contribution >= 4 is 17.3 Å². The Morgan fingerprint density at radius 2 is 1.93 bits per heavy atom. The third-order valence-corrected chi connectivity index (χ3v) is 4.73.